The Labute approximate surface area is 161 Å². The summed E-state index contributed by atoms with van der Waals surface area (Å²) >= 11 is 0. The largest absolute Gasteiger partial charge is 0.356 e. The lowest BCUT2D eigenvalue weighted by atomic mass is 9.93. The Morgan fingerprint density at radius 1 is 1.07 bits per heavy atom. The molecule has 0 aliphatic carbocycles. The summed E-state index contributed by atoms with van der Waals surface area (Å²) in [5, 5.41) is 9.09. The Morgan fingerprint density at radius 2 is 1.85 bits per heavy atom. The van der Waals surface area contributed by atoms with Crippen molar-refractivity contribution in [3.05, 3.63) is 23.9 Å². The molecule has 27 heavy (non-hydrogen) atoms. The van der Waals surface area contributed by atoms with E-state index in [1.165, 1.54) is 12.8 Å². The summed E-state index contributed by atoms with van der Waals surface area (Å²) in [6, 6.07) is 6.39. The Bertz CT molecular complexity index is 701. The zero-order chi connectivity index (χ0) is 18.6. The van der Waals surface area contributed by atoms with Crippen molar-refractivity contribution in [2.45, 2.75) is 44.6 Å². The van der Waals surface area contributed by atoms with E-state index in [2.05, 4.69) is 25.8 Å². The molecule has 0 N–H and O–H groups in total. The van der Waals surface area contributed by atoms with Crippen LogP contribution in [0, 0.1) is 17.2 Å². The van der Waals surface area contributed by atoms with Gasteiger partial charge in [0.2, 0.25) is 5.91 Å². The van der Waals surface area contributed by atoms with Crippen LogP contribution >= 0.6 is 0 Å². The summed E-state index contributed by atoms with van der Waals surface area (Å²) in [6.07, 6.45) is 8.44. The first-order chi connectivity index (χ1) is 13.2. The normalized spacial score (nSPS) is 24.8. The minimum Gasteiger partial charge on any atom is -0.356 e. The van der Waals surface area contributed by atoms with Gasteiger partial charge in [-0.2, -0.15) is 5.26 Å². The number of amides is 1. The summed E-state index contributed by atoms with van der Waals surface area (Å²) in [7, 11) is 0. The van der Waals surface area contributed by atoms with Gasteiger partial charge in [-0.1, -0.05) is 0 Å². The molecule has 3 aliphatic heterocycles. The average Bonchev–Trinajstić information content (AvgIpc) is 3.28. The van der Waals surface area contributed by atoms with Crippen molar-refractivity contribution in [1.29, 1.82) is 5.26 Å². The van der Waals surface area contributed by atoms with Gasteiger partial charge in [-0.25, -0.2) is 4.98 Å². The highest BCUT2D eigenvalue weighted by molar-refractivity contribution is 5.79. The van der Waals surface area contributed by atoms with E-state index in [4.69, 9.17) is 5.26 Å². The maximum absolute atomic E-state index is 12.8. The van der Waals surface area contributed by atoms with Crippen LogP contribution in [-0.4, -0.2) is 66.0 Å². The van der Waals surface area contributed by atoms with Gasteiger partial charge in [0.25, 0.3) is 0 Å². The summed E-state index contributed by atoms with van der Waals surface area (Å²) in [4.78, 5) is 24.2. The fourth-order valence-electron chi connectivity index (χ4n) is 4.86. The van der Waals surface area contributed by atoms with Gasteiger partial charge in [0, 0.05) is 45.0 Å². The Hall–Kier alpha value is -2.13. The highest BCUT2D eigenvalue weighted by atomic mass is 16.2. The number of pyridine rings is 1. The highest BCUT2D eigenvalue weighted by Crippen LogP contribution is 2.27. The first-order valence-corrected chi connectivity index (χ1v) is 10.4. The molecule has 0 spiro atoms. The smallest absolute Gasteiger partial charge is 0.226 e. The highest BCUT2D eigenvalue weighted by Gasteiger charge is 2.34. The summed E-state index contributed by atoms with van der Waals surface area (Å²) in [6.45, 7) is 5.91. The van der Waals surface area contributed by atoms with Gasteiger partial charge in [0.05, 0.1) is 17.6 Å². The number of anilines is 1. The molecule has 1 aromatic heterocycles. The molecule has 0 radical (unpaired) electrons. The predicted octanol–water partition coefficient (Wildman–Crippen LogP) is 2.26. The molecular formula is C21H29N5O. The van der Waals surface area contributed by atoms with Crippen molar-refractivity contribution in [3.8, 4) is 6.07 Å². The van der Waals surface area contributed by atoms with Crippen LogP contribution in [0.1, 0.15) is 44.1 Å². The van der Waals surface area contributed by atoms with Crippen LogP contribution in [0.4, 0.5) is 5.82 Å². The number of aromatic nitrogens is 1. The van der Waals surface area contributed by atoms with Gasteiger partial charge in [-0.05, 0) is 57.2 Å². The predicted molar refractivity (Wildman–Crippen MR) is 104 cm³/mol. The maximum atomic E-state index is 12.8. The number of carbonyl (C=O) groups is 1. The van der Waals surface area contributed by atoms with Crippen LogP contribution < -0.4 is 4.90 Å². The van der Waals surface area contributed by atoms with Crippen LogP contribution in [0.15, 0.2) is 18.3 Å². The fraction of sp³-hybridized carbons (Fsp3) is 0.667. The molecule has 0 bridgehead atoms. The number of carbonyl (C=O) groups excluding carboxylic acids is 1. The van der Waals surface area contributed by atoms with Gasteiger partial charge in [0.1, 0.15) is 5.82 Å². The van der Waals surface area contributed by atoms with Crippen LogP contribution in [0.25, 0.3) is 0 Å². The molecule has 1 aromatic rings. The monoisotopic (exact) mass is 367 g/mol. The molecule has 6 heteroatoms. The van der Waals surface area contributed by atoms with E-state index in [0.717, 1.165) is 70.8 Å². The fourth-order valence-corrected chi connectivity index (χ4v) is 4.86. The number of piperidine rings is 2. The second-order valence-corrected chi connectivity index (χ2v) is 8.10. The molecule has 144 valence electrons. The van der Waals surface area contributed by atoms with Gasteiger partial charge in [-0.3, -0.25) is 9.69 Å². The molecule has 3 saturated heterocycles. The molecule has 4 heterocycles. The zero-order valence-corrected chi connectivity index (χ0v) is 16.0. The number of hydrogen-bond acceptors (Lipinski definition) is 5. The SMILES string of the molecule is N#Cc1ccnc(N2CCC(N3CCCC(C(=O)N4CCCC4)C3)CC2)c1. The third-order valence-electron chi connectivity index (χ3n) is 6.40. The number of likely N-dealkylation sites (tertiary alicyclic amines) is 2. The quantitative estimate of drug-likeness (QED) is 0.820. The van der Waals surface area contributed by atoms with Crippen molar-refractivity contribution in [3.63, 3.8) is 0 Å². The third kappa shape index (κ3) is 4.08. The second kappa shape index (κ2) is 8.26. The lowest BCUT2D eigenvalue weighted by Crippen LogP contribution is -2.51. The second-order valence-electron chi connectivity index (χ2n) is 8.10. The van der Waals surface area contributed by atoms with E-state index in [1.807, 2.05) is 6.07 Å². The number of hydrogen-bond donors (Lipinski definition) is 0. The molecule has 4 rings (SSSR count). The van der Waals surface area contributed by atoms with Crippen molar-refractivity contribution in [2.75, 3.05) is 44.2 Å². The number of nitrogens with zero attached hydrogens (tertiary/aromatic N) is 5. The van der Waals surface area contributed by atoms with Crippen molar-refractivity contribution < 1.29 is 4.79 Å². The van der Waals surface area contributed by atoms with Gasteiger partial charge < -0.3 is 9.80 Å². The Morgan fingerprint density at radius 3 is 2.59 bits per heavy atom. The summed E-state index contributed by atoms with van der Waals surface area (Å²) in [5.41, 5.74) is 0.668. The molecule has 0 saturated carbocycles. The minimum absolute atomic E-state index is 0.198. The van der Waals surface area contributed by atoms with Crippen LogP contribution in [0.3, 0.4) is 0 Å². The molecule has 1 amide bonds. The van der Waals surface area contributed by atoms with Crippen molar-refractivity contribution in [1.82, 2.24) is 14.8 Å². The topological polar surface area (TPSA) is 63.5 Å². The van der Waals surface area contributed by atoms with E-state index >= 15 is 0 Å². The lowest BCUT2D eigenvalue weighted by Gasteiger charge is -2.42. The lowest BCUT2D eigenvalue weighted by molar-refractivity contribution is -0.136. The summed E-state index contributed by atoms with van der Waals surface area (Å²) < 4.78 is 0. The Kier molecular flexibility index (Phi) is 5.58. The Balaban J connectivity index is 1.32. The van der Waals surface area contributed by atoms with E-state index in [-0.39, 0.29) is 5.92 Å². The van der Waals surface area contributed by atoms with Gasteiger partial charge in [-0.15, -0.1) is 0 Å². The molecule has 3 aliphatic rings. The van der Waals surface area contributed by atoms with Crippen molar-refractivity contribution in [2.24, 2.45) is 5.92 Å². The van der Waals surface area contributed by atoms with E-state index in [0.29, 0.717) is 17.5 Å². The summed E-state index contributed by atoms with van der Waals surface area (Å²) in [5.74, 6) is 1.50. The van der Waals surface area contributed by atoms with E-state index < -0.39 is 0 Å². The molecule has 1 atom stereocenters. The number of nitriles is 1. The maximum Gasteiger partial charge on any atom is 0.226 e. The standard InChI is InChI=1S/C21H29N5O/c22-15-17-5-8-23-20(14-17)24-12-6-19(7-13-24)26-11-3-4-18(16-26)21(27)25-9-1-2-10-25/h5,8,14,18-19H,1-4,6-7,9-13,16H2. The molecule has 3 fully saturated rings. The van der Waals surface area contributed by atoms with Crippen molar-refractivity contribution >= 4 is 11.7 Å². The molecular weight excluding hydrogens is 338 g/mol. The van der Waals surface area contributed by atoms with Crippen LogP contribution in [0.2, 0.25) is 0 Å². The zero-order valence-electron chi connectivity index (χ0n) is 16.0. The molecule has 1 unspecified atom stereocenters. The first kappa shape index (κ1) is 18.2. The van der Waals surface area contributed by atoms with Gasteiger partial charge in [0.15, 0.2) is 0 Å². The number of rotatable bonds is 3. The first-order valence-electron chi connectivity index (χ1n) is 10.4. The van der Waals surface area contributed by atoms with Gasteiger partial charge >= 0.3 is 0 Å². The van der Waals surface area contributed by atoms with Crippen LogP contribution in [-0.2, 0) is 4.79 Å². The van der Waals surface area contributed by atoms with E-state index in [9.17, 15) is 4.79 Å². The van der Waals surface area contributed by atoms with Crippen LogP contribution in [0.5, 0.6) is 0 Å². The average molecular weight is 367 g/mol. The molecule has 6 nitrogen and oxygen atoms in total. The third-order valence-corrected chi connectivity index (χ3v) is 6.40. The minimum atomic E-state index is 0.198. The van der Waals surface area contributed by atoms with E-state index in [1.54, 1.807) is 12.3 Å². The molecule has 0 aromatic carbocycles.